The molecule has 2 rings (SSSR count). The summed E-state index contributed by atoms with van der Waals surface area (Å²) in [5.41, 5.74) is 0. The van der Waals surface area contributed by atoms with Gasteiger partial charge in [0.1, 0.15) is 5.75 Å². The molecule has 18 heavy (non-hydrogen) atoms. The van der Waals surface area contributed by atoms with Gasteiger partial charge in [0.05, 0.1) is 17.9 Å². The molecule has 0 amide bonds. The number of nitrogens with one attached hydrogen (secondary N) is 1. The van der Waals surface area contributed by atoms with E-state index in [0.717, 1.165) is 23.5 Å². The Labute approximate surface area is 111 Å². The molecule has 0 aromatic heterocycles. The van der Waals surface area contributed by atoms with Crippen molar-refractivity contribution >= 4 is 10.8 Å². The zero-order valence-electron chi connectivity index (χ0n) is 11.2. The maximum Gasteiger partial charge on any atom is 0.118 e. The van der Waals surface area contributed by atoms with Crippen molar-refractivity contribution in [3.05, 3.63) is 24.3 Å². The van der Waals surface area contributed by atoms with Crippen LogP contribution < -0.4 is 10.1 Å². The lowest BCUT2D eigenvalue weighted by molar-refractivity contribution is 0.414. The van der Waals surface area contributed by atoms with Gasteiger partial charge >= 0.3 is 0 Å². The van der Waals surface area contributed by atoms with Crippen LogP contribution in [0.3, 0.4) is 0 Å². The van der Waals surface area contributed by atoms with E-state index in [4.69, 9.17) is 4.74 Å². The van der Waals surface area contributed by atoms with Crippen molar-refractivity contribution in [2.75, 3.05) is 14.2 Å². The van der Waals surface area contributed by atoms with Gasteiger partial charge in [0.25, 0.3) is 0 Å². The molecule has 0 aliphatic heterocycles. The Kier molecular flexibility index (Phi) is 4.40. The highest BCUT2D eigenvalue weighted by Gasteiger charge is 2.35. The van der Waals surface area contributed by atoms with E-state index < -0.39 is 10.8 Å². The standard InChI is InChI=1S/C14H21NO2S/c1-10-13(15-2)8-9-14(10)18(16)12-6-4-11(17-3)5-7-12/h4-7,10,13-15H,8-9H2,1-3H3. The molecule has 1 aromatic rings. The van der Waals surface area contributed by atoms with Gasteiger partial charge in [-0.3, -0.25) is 4.21 Å². The van der Waals surface area contributed by atoms with E-state index in [2.05, 4.69) is 12.2 Å². The van der Waals surface area contributed by atoms with Gasteiger partial charge < -0.3 is 10.1 Å². The van der Waals surface area contributed by atoms with Gasteiger partial charge in [0.15, 0.2) is 0 Å². The molecule has 0 radical (unpaired) electrons. The van der Waals surface area contributed by atoms with E-state index >= 15 is 0 Å². The second-order valence-corrected chi connectivity index (χ2v) is 6.51. The SMILES string of the molecule is CNC1CCC(S(=O)c2ccc(OC)cc2)C1C. The highest BCUT2D eigenvalue weighted by atomic mass is 32.2. The van der Waals surface area contributed by atoms with E-state index in [1.807, 2.05) is 31.3 Å². The molecule has 3 nitrogen and oxygen atoms in total. The zero-order valence-corrected chi connectivity index (χ0v) is 12.0. The fourth-order valence-electron chi connectivity index (χ4n) is 2.72. The Hall–Kier alpha value is -0.870. The van der Waals surface area contributed by atoms with Crippen molar-refractivity contribution in [3.8, 4) is 5.75 Å². The van der Waals surface area contributed by atoms with Crippen molar-refractivity contribution < 1.29 is 8.95 Å². The quantitative estimate of drug-likeness (QED) is 0.909. The molecule has 4 atom stereocenters. The molecular weight excluding hydrogens is 246 g/mol. The number of methoxy groups -OCH3 is 1. The van der Waals surface area contributed by atoms with Crippen LogP contribution in [0.1, 0.15) is 19.8 Å². The Bertz CT molecular complexity index is 418. The van der Waals surface area contributed by atoms with Crippen LogP contribution in [-0.2, 0) is 10.8 Å². The summed E-state index contributed by atoms with van der Waals surface area (Å²) < 4.78 is 17.7. The lowest BCUT2D eigenvalue weighted by Crippen LogP contribution is -2.32. The van der Waals surface area contributed by atoms with Gasteiger partial charge in [-0.2, -0.15) is 0 Å². The third-order valence-corrected chi connectivity index (χ3v) is 5.87. The molecule has 100 valence electrons. The highest BCUT2D eigenvalue weighted by Crippen LogP contribution is 2.32. The Balaban J connectivity index is 2.11. The third-order valence-electron chi connectivity index (χ3n) is 3.92. The maximum absolute atomic E-state index is 12.6. The lowest BCUT2D eigenvalue weighted by atomic mass is 10.1. The molecule has 1 aliphatic carbocycles. The molecule has 1 N–H and O–H groups in total. The van der Waals surface area contributed by atoms with Crippen molar-refractivity contribution in [3.63, 3.8) is 0 Å². The first-order valence-electron chi connectivity index (χ1n) is 6.39. The minimum Gasteiger partial charge on any atom is -0.497 e. The summed E-state index contributed by atoms with van der Waals surface area (Å²) in [6.45, 7) is 2.19. The van der Waals surface area contributed by atoms with Crippen molar-refractivity contribution in [1.82, 2.24) is 5.32 Å². The number of ether oxygens (including phenoxy) is 1. The van der Waals surface area contributed by atoms with Crippen molar-refractivity contribution in [2.45, 2.75) is 36.0 Å². The fraction of sp³-hybridized carbons (Fsp3) is 0.571. The Morgan fingerprint density at radius 2 is 1.94 bits per heavy atom. The van der Waals surface area contributed by atoms with Crippen LogP contribution in [0.5, 0.6) is 5.75 Å². The molecule has 1 aromatic carbocycles. The summed E-state index contributed by atoms with van der Waals surface area (Å²) in [5, 5.41) is 3.57. The van der Waals surface area contributed by atoms with Crippen LogP contribution in [0.25, 0.3) is 0 Å². The summed E-state index contributed by atoms with van der Waals surface area (Å²) in [7, 11) is 2.71. The summed E-state index contributed by atoms with van der Waals surface area (Å²) in [4.78, 5) is 0.907. The topological polar surface area (TPSA) is 38.3 Å². The predicted molar refractivity (Wildman–Crippen MR) is 74.4 cm³/mol. The van der Waals surface area contributed by atoms with Gasteiger partial charge in [-0.1, -0.05) is 6.92 Å². The largest absolute Gasteiger partial charge is 0.497 e. The van der Waals surface area contributed by atoms with E-state index in [9.17, 15) is 4.21 Å². The summed E-state index contributed by atoms with van der Waals surface area (Å²) in [6, 6.07) is 8.07. The smallest absolute Gasteiger partial charge is 0.118 e. The second kappa shape index (κ2) is 5.85. The first-order chi connectivity index (χ1) is 8.67. The molecule has 4 heteroatoms. The maximum atomic E-state index is 12.6. The number of rotatable bonds is 4. The predicted octanol–water partition coefficient (Wildman–Crippen LogP) is 2.19. The van der Waals surface area contributed by atoms with Gasteiger partial charge in [-0.25, -0.2) is 0 Å². The molecule has 1 saturated carbocycles. The van der Waals surface area contributed by atoms with Crippen LogP contribution in [0.4, 0.5) is 0 Å². The number of hydrogen-bond donors (Lipinski definition) is 1. The average molecular weight is 267 g/mol. The van der Waals surface area contributed by atoms with E-state index in [1.54, 1.807) is 7.11 Å². The molecular formula is C14H21NO2S. The highest BCUT2D eigenvalue weighted by molar-refractivity contribution is 7.85. The molecule has 0 saturated heterocycles. The first-order valence-corrected chi connectivity index (χ1v) is 7.60. The van der Waals surface area contributed by atoms with E-state index in [-0.39, 0.29) is 5.25 Å². The average Bonchev–Trinajstić information content (AvgIpc) is 2.79. The normalized spacial score (nSPS) is 29.2. The van der Waals surface area contributed by atoms with E-state index in [1.165, 1.54) is 0 Å². The van der Waals surface area contributed by atoms with Crippen LogP contribution in [0, 0.1) is 5.92 Å². The third kappa shape index (κ3) is 2.59. The minimum atomic E-state index is -0.917. The van der Waals surface area contributed by atoms with Gasteiger partial charge in [0.2, 0.25) is 0 Å². The molecule has 0 bridgehead atoms. The van der Waals surface area contributed by atoms with Crippen LogP contribution in [0.15, 0.2) is 29.2 Å². The number of hydrogen-bond acceptors (Lipinski definition) is 3. The summed E-state index contributed by atoms with van der Waals surface area (Å²) in [5.74, 6) is 1.27. The van der Waals surface area contributed by atoms with Gasteiger partial charge in [-0.05, 0) is 50.1 Å². The molecule has 0 spiro atoms. The lowest BCUT2D eigenvalue weighted by Gasteiger charge is -2.19. The van der Waals surface area contributed by atoms with Gasteiger partial charge in [0, 0.05) is 16.2 Å². The summed E-state index contributed by atoms with van der Waals surface area (Å²) >= 11 is 0. The van der Waals surface area contributed by atoms with Crippen molar-refractivity contribution in [2.24, 2.45) is 5.92 Å². The molecule has 1 fully saturated rings. The van der Waals surface area contributed by atoms with Crippen LogP contribution in [-0.4, -0.2) is 29.7 Å². The first kappa shape index (κ1) is 13.6. The van der Waals surface area contributed by atoms with E-state index in [0.29, 0.717) is 12.0 Å². The Morgan fingerprint density at radius 1 is 1.28 bits per heavy atom. The molecule has 1 aliphatic rings. The fourth-order valence-corrected chi connectivity index (χ4v) is 4.41. The monoisotopic (exact) mass is 267 g/mol. The molecule has 4 unspecified atom stereocenters. The number of benzene rings is 1. The second-order valence-electron chi connectivity index (χ2n) is 4.84. The van der Waals surface area contributed by atoms with Crippen LogP contribution in [0.2, 0.25) is 0 Å². The van der Waals surface area contributed by atoms with Gasteiger partial charge in [-0.15, -0.1) is 0 Å². The van der Waals surface area contributed by atoms with Crippen LogP contribution >= 0.6 is 0 Å². The zero-order chi connectivity index (χ0) is 13.1. The molecule has 0 heterocycles. The Morgan fingerprint density at radius 3 is 2.44 bits per heavy atom. The summed E-state index contributed by atoms with van der Waals surface area (Å²) in [6.07, 6.45) is 2.15. The van der Waals surface area contributed by atoms with Crippen molar-refractivity contribution in [1.29, 1.82) is 0 Å². The minimum absolute atomic E-state index is 0.260.